The molecule has 0 saturated heterocycles. The number of hydrogen-bond acceptors (Lipinski definition) is 4. The molecule has 3 rings (SSSR count). The zero-order chi connectivity index (χ0) is 19.1. The lowest BCUT2D eigenvalue weighted by molar-refractivity contribution is -0.118. The molecular weight excluding hydrogens is 346 g/mol. The average Bonchev–Trinajstić information content (AvgIpc) is 2.78. The van der Waals surface area contributed by atoms with Crippen LogP contribution in [0.5, 0.6) is 0 Å². The minimum Gasteiger partial charge on any atom is -0.462 e. The highest BCUT2D eigenvalue weighted by Gasteiger charge is 2.68. The number of thiophene rings is 1. The number of fused-ring (bicyclic) bond motifs is 1. The molecule has 2 aliphatic rings. The summed E-state index contributed by atoms with van der Waals surface area (Å²) in [7, 11) is 0. The molecule has 5 heteroatoms. The van der Waals surface area contributed by atoms with Crippen molar-refractivity contribution in [1.29, 1.82) is 0 Å². The van der Waals surface area contributed by atoms with E-state index >= 15 is 0 Å². The van der Waals surface area contributed by atoms with Crippen LogP contribution in [0.25, 0.3) is 0 Å². The summed E-state index contributed by atoms with van der Waals surface area (Å²) in [5.74, 6) is -0.301. The summed E-state index contributed by atoms with van der Waals surface area (Å²) in [6.07, 6.45) is 6.55. The topological polar surface area (TPSA) is 55.4 Å². The Kier molecular flexibility index (Phi) is 5.22. The number of hydrogen-bond donors (Lipinski definition) is 1. The van der Waals surface area contributed by atoms with Gasteiger partial charge in [-0.3, -0.25) is 4.79 Å². The van der Waals surface area contributed by atoms with Gasteiger partial charge < -0.3 is 10.1 Å². The summed E-state index contributed by atoms with van der Waals surface area (Å²) in [4.78, 5) is 26.8. The first-order valence-corrected chi connectivity index (χ1v) is 10.7. The number of aryl methyl sites for hydroxylation is 1. The number of amides is 1. The Balaban J connectivity index is 1.92. The van der Waals surface area contributed by atoms with Crippen molar-refractivity contribution in [3.63, 3.8) is 0 Å². The predicted octanol–water partition coefficient (Wildman–Crippen LogP) is 5.20. The summed E-state index contributed by atoms with van der Waals surface area (Å²) in [5.41, 5.74) is 1.68. The van der Waals surface area contributed by atoms with Gasteiger partial charge in [-0.05, 0) is 49.0 Å². The van der Waals surface area contributed by atoms with Crippen LogP contribution in [0.3, 0.4) is 0 Å². The SMILES string of the molecule is CCOC(=O)c1c(NC(=O)C2C(C)(C)C2(C)C)sc2c1CCCCCC2. The van der Waals surface area contributed by atoms with Gasteiger partial charge in [0.15, 0.2) is 0 Å². The van der Waals surface area contributed by atoms with Crippen molar-refractivity contribution in [3.8, 4) is 0 Å². The zero-order valence-electron chi connectivity index (χ0n) is 16.7. The highest BCUT2D eigenvalue weighted by molar-refractivity contribution is 7.17. The number of anilines is 1. The minimum atomic E-state index is -0.296. The molecule has 0 atom stereocenters. The first-order valence-electron chi connectivity index (χ1n) is 9.84. The van der Waals surface area contributed by atoms with E-state index in [1.165, 1.54) is 17.7 Å². The second-order valence-electron chi connectivity index (χ2n) is 8.71. The molecule has 1 saturated carbocycles. The van der Waals surface area contributed by atoms with Gasteiger partial charge in [-0.25, -0.2) is 4.79 Å². The molecule has 26 heavy (non-hydrogen) atoms. The third-order valence-electron chi connectivity index (χ3n) is 6.67. The van der Waals surface area contributed by atoms with Gasteiger partial charge in [-0.1, -0.05) is 40.5 Å². The molecule has 1 amide bonds. The van der Waals surface area contributed by atoms with Crippen LogP contribution in [0.2, 0.25) is 0 Å². The molecule has 0 aromatic carbocycles. The van der Waals surface area contributed by atoms with E-state index in [4.69, 9.17) is 4.74 Å². The number of nitrogens with one attached hydrogen (secondary N) is 1. The van der Waals surface area contributed by atoms with Crippen LogP contribution < -0.4 is 5.32 Å². The van der Waals surface area contributed by atoms with Crippen LogP contribution >= 0.6 is 11.3 Å². The van der Waals surface area contributed by atoms with E-state index in [9.17, 15) is 9.59 Å². The van der Waals surface area contributed by atoms with E-state index in [1.807, 2.05) is 6.92 Å². The maximum absolute atomic E-state index is 12.9. The molecule has 1 heterocycles. The van der Waals surface area contributed by atoms with Crippen molar-refractivity contribution in [3.05, 3.63) is 16.0 Å². The molecule has 4 nitrogen and oxygen atoms in total. The lowest BCUT2D eigenvalue weighted by Gasteiger charge is -2.11. The van der Waals surface area contributed by atoms with Gasteiger partial charge in [0.05, 0.1) is 12.2 Å². The summed E-state index contributed by atoms with van der Waals surface area (Å²) in [6, 6.07) is 0. The Morgan fingerprint density at radius 2 is 1.69 bits per heavy atom. The van der Waals surface area contributed by atoms with Gasteiger partial charge >= 0.3 is 5.97 Å². The van der Waals surface area contributed by atoms with E-state index in [2.05, 4.69) is 33.0 Å². The first-order chi connectivity index (χ1) is 12.2. The summed E-state index contributed by atoms with van der Waals surface area (Å²) in [5, 5.41) is 3.79. The van der Waals surface area contributed by atoms with Gasteiger partial charge in [-0.2, -0.15) is 0 Å². The number of carbonyl (C=O) groups is 2. The Labute approximate surface area is 160 Å². The van der Waals surface area contributed by atoms with Crippen LogP contribution in [-0.4, -0.2) is 18.5 Å². The highest BCUT2D eigenvalue weighted by atomic mass is 32.1. The largest absolute Gasteiger partial charge is 0.462 e. The van der Waals surface area contributed by atoms with Crippen molar-refractivity contribution >= 4 is 28.2 Å². The molecule has 1 aromatic heterocycles. The first kappa shape index (κ1) is 19.4. The second-order valence-corrected chi connectivity index (χ2v) is 9.81. The van der Waals surface area contributed by atoms with E-state index < -0.39 is 0 Å². The standard InChI is InChI=1S/C21H31NO3S/c1-6-25-19(24)15-13-11-9-7-8-10-12-14(13)26-18(15)22-17(23)16-20(2,3)21(16,4)5/h16H,6-12H2,1-5H3,(H,22,23). The van der Waals surface area contributed by atoms with Crippen LogP contribution in [0.4, 0.5) is 5.00 Å². The third kappa shape index (κ3) is 3.19. The predicted molar refractivity (Wildman–Crippen MR) is 106 cm³/mol. The highest BCUT2D eigenvalue weighted by Crippen LogP contribution is 2.68. The monoisotopic (exact) mass is 377 g/mol. The Hall–Kier alpha value is -1.36. The number of ether oxygens (including phenoxy) is 1. The van der Waals surface area contributed by atoms with Crippen molar-refractivity contribution < 1.29 is 14.3 Å². The molecule has 1 aromatic rings. The molecule has 0 spiro atoms. The molecule has 0 radical (unpaired) electrons. The Morgan fingerprint density at radius 1 is 1.08 bits per heavy atom. The third-order valence-corrected chi connectivity index (χ3v) is 7.88. The molecule has 0 aliphatic heterocycles. The van der Waals surface area contributed by atoms with E-state index in [0.29, 0.717) is 17.2 Å². The van der Waals surface area contributed by atoms with Crippen LogP contribution in [0.1, 0.15) is 81.1 Å². The number of esters is 1. The fourth-order valence-electron chi connectivity index (χ4n) is 4.46. The van der Waals surface area contributed by atoms with Gasteiger partial charge in [0.1, 0.15) is 5.00 Å². The lowest BCUT2D eigenvalue weighted by atomic mass is 9.96. The molecule has 0 bridgehead atoms. The molecule has 2 aliphatic carbocycles. The van der Waals surface area contributed by atoms with Gasteiger partial charge in [-0.15, -0.1) is 11.3 Å². The van der Waals surface area contributed by atoms with Crippen molar-refractivity contribution in [2.75, 3.05) is 11.9 Å². The molecular formula is C21H31NO3S. The van der Waals surface area contributed by atoms with Crippen molar-refractivity contribution in [2.45, 2.75) is 73.1 Å². The molecule has 1 N–H and O–H groups in total. The second kappa shape index (κ2) is 6.99. The van der Waals surface area contributed by atoms with E-state index in [-0.39, 0.29) is 28.6 Å². The molecule has 1 fully saturated rings. The van der Waals surface area contributed by atoms with Crippen LogP contribution in [-0.2, 0) is 22.4 Å². The smallest absolute Gasteiger partial charge is 0.341 e. The Morgan fingerprint density at radius 3 is 2.27 bits per heavy atom. The fourth-order valence-corrected chi connectivity index (χ4v) is 5.74. The number of rotatable bonds is 4. The summed E-state index contributed by atoms with van der Waals surface area (Å²) < 4.78 is 5.32. The summed E-state index contributed by atoms with van der Waals surface area (Å²) >= 11 is 1.58. The number of carbonyl (C=O) groups excluding carboxylic acids is 2. The Bertz CT molecular complexity index is 703. The van der Waals surface area contributed by atoms with Crippen LogP contribution in [0.15, 0.2) is 0 Å². The average molecular weight is 378 g/mol. The van der Waals surface area contributed by atoms with E-state index in [0.717, 1.165) is 31.2 Å². The fraction of sp³-hybridized carbons (Fsp3) is 0.714. The normalized spacial score (nSPS) is 21.3. The van der Waals surface area contributed by atoms with Gasteiger partial charge in [0.25, 0.3) is 0 Å². The van der Waals surface area contributed by atoms with Gasteiger partial charge in [0, 0.05) is 10.8 Å². The maximum Gasteiger partial charge on any atom is 0.341 e. The van der Waals surface area contributed by atoms with Crippen molar-refractivity contribution in [1.82, 2.24) is 0 Å². The van der Waals surface area contributed by atoms with Crippen molar-refractivity contribution in [2.24, 2.45) is 16.7 Å². The zero-order valence-corrected chi connectivity index (χ0v) is 17.5. The van der Waals surface area contributed by atoms with Gasteiger partial charge in [0.2, 0.25) is 5.91 Å². The molecule has 0 unspecified atom stereocenters. The quantitative estimate of drug-likeness (QED) is 0.733. The summed E-state index contributed by atoms with van der Waals surface area (Å²) in [6.45, 7) is 10.7. The van der Waals surface area contributed by atoms with E-state index in [1.54, 1.807) is 11.3 Å². The lowest BCUT2D eigenvalue weighted by Crippen LogP contribution is -2.19. The molecule has 144 valence electrons. The minimum absolute atomic E-state index is 0.0208. The maximum atomic E-state index is 12.9. The van der Waals surface area contributed by atoms with Crippen LogP contribution in [0, 0.1) is 16.7 Å².